The summed E-state index contributed by atoms with van der Waals surface area (Å²) in [6.07, 6.45) is 4.49. The summed E-state index contributed by atoms with van der Waals surface area (Å²) in [4.78, 5) is 0. The van der Waals surface area contributed by atoms with E-state index >= 15 is 0 Å². The van der Waals surface area contributed by atoms with Crippen LogP contribution in [-0.4, -0.2) is 36.9 Å². The molecule has 2 atom stereocenters. The van der Waals surface area contributed by atoms with Crippen LogP contribution in [0.5, 0.6) is 0 Å². The highest BCUT2D eigenvalue weighted by Gasteiger charge is 2.16. The van der Waals surface area contributed by atoms with Gasteiger partial charge < -0.3 is 15.7 Å². The molecule has 1 aliphatic rings. The van der Waals surface area contributed by atoms with Crippen molar-refractivity contribution in [3.05, 3.63) is 35.9 Å². The average Bonchev–Trinajstić information content (AvgIpc) is 2.68. The van der Waals surface area contributed by atoms with Crippen LogP contribution in [0.1, 0.15) is 24.8 Å². The second-order valence-electron chi connectivity index (χ2n) is 5.11. The minimum atomic E-state index is 0.176. The summed E-state index contributed by atoms with van der Waals surface area (Å²) in [5.74, 6) is 0. The van der Waals surface area contributed by atoms with Gasteiger partial charge in [0.1, 0.15) is 0 Å². The Kier molecular flexibility index (Phi) is 5.65. The molecule has 3 N–H and O–H groups in total. The summed E-state index contributed by atoms with van der Waals surface area (Å²) in [6, 6.07) is 11.1. The van der Waals surface area contributed by atoms with Gasteiger partial charge in [0.05, 0.1) is 6.61 Å². The maximum Gasteiger partial charge on any atom is 0.0587 e. The van der Waals surface area contributed by atoms with Gasteiger partial charge in [0.15, 0.2) is 0 Å². The van der Waals surface area contributed by atoms with Crippen molar-refractivity contribution in [2.45, 2.75) is 37.8 Å². The molecule has 0 amide bonds. The van der Waals surface area contributed by atoms with Crippen LogP contribution < -0.4 is 10.6 Å². The van der Waals surface area contributed by atoms with Gasteiger partial charge in [-0.05, 0) is 44.3 Å². The van der Waals surface area contributed by atoms with Crippen LogP contribution in [0.25, 0.3) is 0 Å². The van der Waals surface area contributed by atoms with Crippen molar-refractivity contribution in [2.75, 3.05) is 19.7 Å². The monoisotopic (exact) mass is 248 g/mol. The van der Waals surface area contributed by atoms with E-state index in [1.165, 1.54) is 18.4 Å². The molecule has 1 heterocycles. The van der Waals surface area contributed by atoms with Crippen molar-refractivity contribution < 1.29 is 5.11 Å². The molecule has 0 saturated carbocycles. The number of hydrogen-bond donors (Lipinski definition) is 3. The third-order valence-electron chi connectivity index (χ3n) is 3.59. The predicted molar refractivity (Wildman–Crippen MR) is 74.7 cm³/mol. The summed E-state index contributed by atoms with van der Waals surface area (Å²) in [5, 5.41) is 16.5. The molecule has 0 aromatic heterocycles. The standard InChI is InChI=1S/C15H24N2O/c18-12-15(11-13-5-2-1-3-6-13)17-14-7-4-9-16-10-8-14/h1-3,5-6,14-18H,4,7-12H2/t14?,15-/m1/s1. The first-order chi connectivity index (χ1) is 8.88. The second-order valence-corrected chi connectivity index (χ2v) is 5.11. The molecule has 100 valence electrons. The first-order valence-electron chi connectivity index (χ1n) is 7.00. The number of aliphatic hydroxyl groups excluding tert-OH is 1. The molecular weight excluding hydrogens is 224 g/mol. The highest BCUT2D eigenvalue weighted by atomic mass is 16.3. The fourth-order valence-electron chi connectivity index (χ4n) is 2.59. The lowest BCUT2D eigenvalue weighted by Gasteiger charge is -2.23. The lowest BCUT2D eigenvalue weighted by atomic mass is 10.0. The summed E-state index contributed by atoms with van der Waals surface area (Å²) >= 11 is 0. The topological polar surface area (TPSA) is 44.3 Å². The highest BCUT2D eigenvalue weighted by molar-refractivity contribution is 5.15. The molecule has 1 aromatic carbocycles. The van der Waals surface area contributed by atoms with E-state index in [9.17, 15) is 5.11 Å². The first kappa shape index (κ1) is 13.5. The van der Waals surface area contributed by atoms with Gasteiger partial charge in [-0.15, -0.1) is 0 Å². The zero-order valence-corrected chi connectivity index (χ0v) is 10.9. The second kappa shape index (κ2) is 7.52. The van der Waals surface area contributed by atoms with Gasteiger partial charge in [0.2, 0.25) is 0 Å². The molecule has 0 spiro atoms. The number of aliphatic hydroxyl groups is 1. The molecule has 0 aliphatic carbocycles. The van der Waals surface area contributed by atoms with Crippen LogP contribution in [0.15, 0.2) is 30.3 Å². The SMILES string of the molecule is OC[C@@H](Cc1ccccc1)NC1CCCNCC1. The van der Waals surface area contributed by atoms with Gasteiger partial charge in [-0.3, -0.25) is 0 Å². The van der Waals surface area contributed by atoms with Crippen LogP contribution >= 0.6 is 0 Å². The number of hydrogen-bond acceptors (Lipinski definition) is 3. The van der Waals surface area contributed by atoms with Crippen LogP contribution in [0, 0.1) is 0 Å². The number of rotatable bonds is 5. The zero-order valence-electron chi connectivity index (χ0n) is 10.9. The maximum absolute atomic E-state index is 9.51. The van der Waals surface area contributed by atoms with Crippen LogP contribution in [-0.2, 0) is 6.42 Å². The van der Waals surface area contributed by atoms with E-state index in [1.807, 2.05) is 6.07 Å². The van der Waals surface area contributed by atoms with E-state index in [1.54, 1.807) is 0 Å². The van der Waals surface area contributed by atoms with Gasteiger partial charge in [0.25, 0.3) is 0 Å². The molecule has 18 heavy (non-hydrogen) atoms. The van der Waals surface area contributed by atoms with Crippen molar-refractivity contribution in [3.8, 4) is 0 Å². The number of benzene rings is 1. The van der Waals surface area contributed by atoms with E-state index in [-0.39, 0.29) is 12.6 Å². The summed E-state index contributed by atoms with van der Waals surface area (Å²) in [7, 11) is 0. The van der Waals surface area contributed by atoms with Crippen molar-refractivity contribution in [1.29, 1.82) is 0 Å². The van der Waals surface area contributed by atoms with Crippen LogP contribution in [0.2, 0.25) is 0 Å². The highest BCUT2D eigenvalue weighted by Crippen LogP contribution is 2.09. The molecule has 1 fully saturated rings. The third kappa shape index (κ3) is 4.41. The third-order valence-corrected chi connectivity index (χ3v) is 3.59. The average molecular weight is 248 g/mol. The summed E-state index contributed by atoms with van der Waals surface area (Å²) < 4.78 is 0. The number of nitrogens with one attached hydrogen (secondary N) is 2. The zero-order chi connectivity index (χ0) is 12.6. The van der Waals surface area contributed by atoms with Crippen LogP contribution in [0.4, 0.5) is 0 Å². The molecule has 1 unspecified atom stereocenters. The van der Waals surface area contributed by atoms with Crippen molar-refractivity contribution in [2.24, 2.45) is 0 Å². The fraction of sp³-hybridized carbons (Fsp3) is 0.600. The Morgan fingerprint density at radius 2 is 2.06 bits per heavy atom. The molecule has 1 aliphatic heterocycles. The van der Waals surface area contributed by atoms with E-state index in [2.05, 4.69) is 34.9 Å². The summed E-state index contributed by atoms with van der Waals surface area (Å²) in [5.41, 5.74) is 1.29. The molecule has 3 nitrogen and oxygen atoms in total. The normalized spacial score (nSPS) is 22.4. The van der Waals surface area contributed by atoms with Crippen molar-refractivity contribution in [1.82, 2.24) is 10.6 Å². The Morgan fingerprint density at radius 1 is 1.22 bits per heavy atom. The van der Waals surface area contributed by atoms with Gasteiger partial charge >= 0.3 is 0 Å². The molecule has 0 radical (unpaired) electrons. The smallest absolute Gasteiger partial charge is 0.0587 e. The van der Waals surface area contributed by atoms with Gasteiger partial charge in [-0.1, -0.05) is 30.3 Å². The maximum atomic E-state index is 9.51. The quantitative estimate of drug-likeness (QED) is 0.736. The predicted octanol–water partition coefficient (Wildman–Crippen LogP) is 1.32. The lowest BCUT2D eigenvalue weighted by molar-refractivity contribution is 0.226. The van der Waals surface area contributed by atoms with Crippen molar-refractivity contribution >= 4 is 0 Å². The van der Waals surface area contributed by atoms with Crippen molar-refractivity contribution in [3.63, 3.8) is 0 Å². The molecular formula is C15H24N2O. The van der Waals surface area contributed by atoms with E-state index in [4.69, 9.17) is 0 Å². The lowest BCUT2D eigenvalue weighted by Crippen LogP contribution is -2.42. The molecule has 0 bridgehead atoms. The fourth-order valence-corrected chi connectivity index (χ4v) is 2.59. The van der Waals surface area contributed by atoms with E-state index in [0.29, 0.717) is 6.04 Å². The van der Waals surface area contributed by atoms with E-state index in [0.717, 1.165) is 25.9 Å². The molecule has 1 aromatic rings. The Bertz CT molecular complexity index is 321. The Labute approximate surface area is 110 Å². The molecule has 3 heteroatoms. The molecule has 1 saturated heterocycles. The van der Waals surface area contributed by atoms with E-state index < -0.39 is 0 Å². The largest absolute Gasteiger partial charge is 0.395 e. The van der Waals surface area contributed by atoms with Crippen LogP contribution in [0.3, 0.4) is 0 Å². The Morgan fingerprint density at radius 3 is 2.83 bits per heavy atom. The minimum Gasteiger partial charge on any atom is -0.395 e. The van der Waals surface area contributed by atoms with Gasteiger partial charge in [-0.2, -0.15) is 0 Å². The van der Waals surface area contributed by atoms with Gasteiger partial charge in [-0.25, -0.2) is 0 Å². The molecule has 2 rings (SSSR count). The summed E-state index contributed by atoms with van der Waals surface area (Å²) in [6.45, 7) is 2.42. The minimum absolute atomic E-state index is 0.176. The first-order valence-corrected chi connectivity index (χ1v) is 7.00. The Balaban J connectivity index is 1.84. The Hall–Kier alpha value is -0.900. The van der Waals surface area contributed by atoms with Gasteiger partial charge in [0, 0.05) is 12.1 Å².